The fourth-order valence-corrected chi connectivity index (χ4v) is 10.4. The summed E-state index contributed by atoms with van der Waals surface area (Å²) < 4.78 is 49.1. The number of pyridine rings is 1. The van der Waals surface area contributed by atoms with Gasteiger partial charge in [0.15, 0.2) is 18.7 Å². The average molecular weight is 1020 g/mol. The number of Topliss-reactive ketones (excluding diaryl/α,β-unsaturated/α-hetero) is 1. The van der Waals surface area contributed by atoms with Crippen LogP contribution in [0.15, 0.2) is 40.1 Å². The number of halogens is 1. The quantitative estimate of drug-likeness (QED) is 0.0924. The fourth-order valence-electron chi connectivity index (χ4n) is 9.62. The number of thiazole rings is 1. The van der Waals surface area contributed by atoms with Crippen molar-refractivity contribution in [2.24, 2.45) is 28.6 Å². The lowest BCUT2D eigenvalue weighted by atomic mass is 9.76. The van der Waals surface area contributed by atoms with Crippen molar-refractivity contribution in [2.45, 2.75) is 181 Å². The smallest absolute Gasteiger partial charge is 0.351 e. The summed E-state index contributed by atoms with van der Waals surface area (Å²) in [7, 11) is 3.62. The monoisotopic (exact) mass is 1020 g/mol. The molecule has 71 heavy (non-hydrogen) atoms. The van der Waals surface area contributed by atoms with Crippen molar-refractivity contribution in [3.05, 3.63) is 40.7 Å². The number of cyclic esters (lactones) is 1. The van der Waals surface area contributed by atoms with Crippen LogP contribution in [0.3, 0.4) is 0 Å². The molecule has 396 valence electrons. The molecular formula is C50H76FN7O12S. The molecule has 0 spiro atoms. The molecule has 21 heteroatoms. The number of amides is 2. The highest BCUT2D eigenvalue weighted by molar-refractivity contribution is 7.13. The van der Waals surface area contributed by atoms with Crippen molar-refractivity contribution in [3.8, 4) is 10.6 Å². The SMILES string of the molecule is CCC(=O)NC1=C(C)[C@H]2OCC(=NOCc3ccc(-c4nc(NC(=O)[C@@H](N)CC(C)C)cs4)cn3)CO[C@](C)(C[C@H]1C)[C@H](O[C@@H]1O[C@H](C)C[C@H](N(C)C)[C@H]1O)[C@@H](C)C(=O)[C@](C)(F)C(=O)O[C@H](CC)[C@@]2(C)O. The number of rotatable bonds is 14. The number of fused-ring (bicyclic) bond motifs is 4. The van der Waals surface area contributed by atoms with Crippen LogP contribution in [-0.4, -0.2) is 147 Å². The number of oxime groups is 1. The normalized spacial score (nSPS) is 33.5. The van der Waals surface area contributed by atoms with Crippen LogP contribution in [0.25, 0.3) is 10.6 Å². The molecule has 3 aliphatic rings. The second kappa shape index (κ2) is 24.1. The number of carbonyl (C=O) groups excluding carboxylic acids is 4. The first kappa shape index (κ1) is 57.6. The molecule has 3 aliphatic heterocycles. The molecule has 0 saturated carbocycles. The number of allylic oxidation sites excluding steroid dienone is 1. The van der Waals surface area contributed by atoms with Crippen molar-refractivity contribution in [3.63, 3.8) is 0 Å². The number of nitrogens with zero attached hydrogens (tertiary/aromatic N) is 4. The van der Waals surface area contributed by atoms with Gasteiger partial charge in [-0.25, -0.2) is 14.2 Å². The van der Waals surface area contributed by atoms with Gasteiger partial charge in [0.2, 0.25) is 11.8 Å². The Balaban J connectivity index is 1.57. The van der Waals surface area contributed by atoms with Gasteiger partial charge < -0.3 is 60.0 Å². The number of ketones is 1. The second-order valence-corrected chi connectivity index (χ2v) is 21.3. The van der Waals surface area contributed by atoms with Gasteiger partial charge in [-0.3, -0.25) is 19.4 Å². The molecule has 1 saturated heterocycles. The Morgan fingerprint density at radius 2 is 1.82 bits per heavy atom. The number of anilines is 1. The molecule has 6 N–H and O–H groups in total. The molecule has 13 atom stereocenters. The molecule has 0 unspecified atom stereocenters. The minimum Gasteiger partial charge on any atom is -0.457 e. The Bertz CT molecular complexity index is 2240. The molecule has 19 nitrogen and oxygen atoms in total. The van der Waals surface area contributed by atoms with Crippen LogP contribution in [0.5, 0.6) is 0 Å². The van der Waals surface area contributed by atoms with Gasteiger partial charge in [-0.2, -0.15) is 0 Å². The molecule has 0 aromatic carbocycles. The highest BCUT2D eigenvalue weighted by atomic mass is 32.1. The number of nitrogens with two attached hydrogens (primary N) is 1. The number of aromatic nitrogens is 2. The van der Waals surface area contributed by atoms with E-state index in [1.165, 1.54) is 25.2 Å². The maximum absolute atomic E-state index is 17.0. The van der Waals surface area contributed by atoms with E-state index in [1.807, 2.05) is 46.7 Å². The third kappa shape index (κ3) is 13.8. The van der Waals surface area contributed by atoms with Crippen molar-refractivity contribution >= 4 is 46.4 Å². The number of aliphatic hydroxyl groups is 2. The Kier molecular flexibility index (Phi) is 19.6. The largest absolute Gasteiger partial charge is 0.457 e. The number of ether oxygens (including phenoxy) is 5. The minimum absolute atomic E-state index is 0.00993. The topological polar surface area (TPSA) is 256 Å². The predicted molar refractivity (Wildman–Crippen MR) is 264 cm³/mol. The van der Waals surface area contributed by atoms with E-state index in [0.717, 1.165) is 6.92 Å². The van der Waals surface area contributed by atoms with Crippen molar-refractivity contribution in [1.82, 2.24) is 20.2 Å². The number of nitrogens with one attached hydrogen (secondary N) is 2. The summed E-state index contributed by atoms with van der Waals surface area (Å²) in [5.41, 5.74) is 1.19. The number of carbonyl (C=O) groups is 4. The van der Waals surface area contributed by atoms with Gasteiger partial charge in [-0.05, 0) is 104 Å². The zero-order valence-electron chi connectivity index (χ0n) is 43.4. The Labute approximate surface area is 420 Å². The van der Waals surface area contributed by atoms with Crippen molar-refractivity contribution in [2.75, 3.05) is 32.6 Å². The highest BCUT2D eigenvalue weighted by Crippen LogP contribution is 2.41. The zero-order chi connectivity index (χ0) is 52.7. The maximum Gasteiger partial charge on any atom is 0.351 e. The first-order valence-corrected chi connectivity index (χ1v) is 25.3. The molecular weight excluding hydrogens is 942 g/mol. The van der Waals surface area contributed by atoms with Crippen LogP contribution in [-0.2, 0) is 54.3 Å². The van der Waals surface area contributed by atoms with E-state index in [1.54, 1.807) is 51.4 Å². The Hall–Kier alpha value is -4.32. The van der Waals surface area contributed by atoms with E-state index in [2.05, 4.69) is 25.8 Å². The zero-order valence-corrected chi connectivity index (χ0v) is 44.3. The van der Waals surface area contributed by atoms with E-state index in [4.69, 9.17) is 34.3 Å². The van der Waals surface area contributed by atoms with Gasteiger partial charge in [0.05, 0.1) is 42.8 Å². The summed E-state index contributed by atoms with van der Waals surface area (Å²) in [4.78, 5) is 71.2. The number of hydrogen-bond donors (Lipinski definition) is 5. The van der Waals surface area contributed by atoms with Gasteiger partial charge in [0.25, 0.3) is 5.67 Å². The number of likely N-dealkylation sites (N-methyl/N-ethyl adjacent to an activating group) is 1. The molecule has 2 aromatic heterocycles. The third-order valence-corrected chi connectivity index (χ3v) is 14.5. The molecule has 2 amide bonds. The van der Waals surface area contributed by atoms with Gasteiger partial charge in [-0.15, -0.1) is 11.3 Å². The highest BCUT2D eigenvalue weighted by Gasteiger charge is 2.56. The predicted octanol–water partition coefficient (Wildman–Crippen LogP) is 5.22. The van der Waals surface area contributed by atoms with E-state index in [0.29, 0.717) is 46.2 Å². The summed E-state index contributed by atoms with van der Waals surface area (Å²) in [6.45, 7) is 17.1. The lowest BCUT2D eigenvalue weighted by molar-refractivity contribution is -0.296. The first-order chi connectivity index (χ1) is 33.2. The van der Waals surface area contributed by atoms with Crippen LogP contribution in [0, 0.1) is 17.8 Å². The van der Waals surface area contributed by atoms with Crippen LogP contribution >= 0.6 is 11.3 Å². The fraction of sp³-hybridized carbons (Fsp3) is 0.700. The summed E-state index contributed by atoms with van der Waals surface area (Å²) in [5, 5.41) is 36.8. The van der Waals surface area contributed by atoms with Gasteiger partial charge in [0.1, 0.15) is 40.5 Å². The van der Waals surface area contributed by atoms with Gasteiger partial charge in [0, 0.05) is 41.2 Å². The number of hydrogen-bond acceptors (Lipinski definition) is 18. The van der Waals surface area contributed by atoms with Crippen LogP contribution in [0.2, 0.25) is 0 Å². The standard InChI is InChI=1S/C50H76FN7O12S/c1-14-36-50(11,64)43-29(7)39(56-38(59)15-2)27(5)20-48(9,42(30(8)41(61)49(10,51)47(63)69-36)70-46-40(60)35(58(12)13)19-28(6)68-46)66-23-33(22-65-43)57-67-24-32-17-16-31(21-53-32)45-55-37(25-71-45)54-44(62)34(52)18-26(3)4/h16-17,21,25-28,30,34-36,40,42-43,46,60,64H,14-15,18-20,22-24,52H2,1-13H3,(H,54,62)(H,56,59)/t27-,28-,30+,34+,35+,36-,40-,42-,43-,46+,48-,49+,50-/m1/s1. The molecule has 0 radical (unpaired) electrons. The van der Waals surface area contributed by atoms with Gasteiger partial charge >= 0.3 is 5.97 Å². The molecule has 5 heterocycles. The molecule has 2 bridgehead atoms. The summed E-state index contributed by atoms with van der Waals surface area (Å²) in [6, 6.07) is 2.46. The number of alkyl halides is 1. The Morgan fingerprint density at radius 1 is 1.11 bits per heavy atom. The third-order valence-electron chi connectivity index (χ3n) is 13.6. The minimum atomic E-state index is -3.25. The Morgan fingerprint density at radius 3 is 2.44 bits per heavy atom. The van der Waals surface area contributed by atoms with E-state index < -0.39 is 89.4 Å². The van der Waals surface area contributed by atoms with Crippen molar-refractivity contribution < 1.29 is 62.3 Å². The van der Waals surface area contributed by atoms with Crippen molar-refractivity contribution in [1.29, 1.82) is 0 Å². The van der Waals surface area contributed by atoms with Crippen LogP contribution < -0.4 is 16.4 Å². The van der Waals surface area contributed by atoms with Gasteiger partial charge in [-0.1, -0.05) is 46.7 Å². The molecule has 0 aliphatic carbocycles. The van der Waals surface area contributed by atoms with E-state index in [9.17, 15) is 29.4 Å². The lowest BCUT2D eigenvalue weighted by Gasteiger charge is -2.47. The maximum atomic E-state index is 17.0. The summed E-state index contributed by atoms with van der Waals surface area (Å²) >= 11 is 1.33. The summed E-state index contributed by atoms with van der Waals surface area (Å²) in [5.74, 6) is -4.84. The van der Waals surface area contributed by atoms with Crippen LogP contribution in [0.1, 0.15) is 114 Å². The lowest BCUT2D eigenvalue weighted by Crippen LogP contribution is -2.61. The molecule has 1 fully saturated rings. The second-order valence-electron chi connectivity index (χ2n) is 20.4. The van der Waals surface area contributed by atoms with Crippen LogP contribution in [0.4, 0.5) is 10.2 Å². The first-order valence-electron chi connectivity index (χ1n) is 24.5. The molecule has 2 aromatic rings. The number of aliphatic hydroxyl groups excluding tert-OH is 1. The average Bonchev–Trinajstić information content (AvgIpc) is 3.77. The molecule has 5 rings (SSSR count). The number of esters is 1. The summed E-state index contributed by atoms with van der Waals surface area (Å²) in [6.07, 6.45) is -4.50. The van der Waals surface area contributed by atoms with E-state index in [-0.39, 0.29) is 62.5 Å². The van der Waals surface area contributed by atoms with E-state index >= 15 is 4.39 Å².